The number of hydrogen-bond acceptors (Lipinski definition) is 3. The fourth-order valence-corrected chi connectivity index (χ4v) is 2.84. The molecule has 2 atom stereocenters. The van der Waals surface area contributed by atoms with Crippen LogP contribution >= 0.6 is 11.8 Å². The van der Waals surface area contributed by atoms with Crippen LogP contribution in [0.2, 0.25) is 0 Å². The third kappa shape index (κ3) is 2.67. The van der Waals surface area contributed by atoms with E-state index in [4.69, 9.17) is 5.11 Å². The summed E-state index contributed by atoms with van der Waals surface area (Å²) in [5.41, 5.74) is 1.73. The number of rotatable bonds is 3. The molecule has 2 unspecified atom stereocenters. The molecule has 1 aliphatic rings. The van der Waals surface area contributed by atoms with Crippen molar-refractivity contribution in [2.45, 2.75) is 36.3 Å². The number of carboxylic acids is 1. The Morgan fingerprint density at radius 1 is 1.56 bits per heavy atom. The molecule has 0 aliphatic carbocycles. The Morgan fingerprint density at radius 3 is 2.94 bits per heavy atom. The SMILES string of the molecule is CC1Sc2ccc(C(C)CC(=O)O)cc2NC1=O. The summed E-state index contributed by atoms with van der Waals surface area (Å²) in [6, 6.07) is 5.76. The Balaban J connectivity index is 2.24. The van der Waals surface area contributed by atoms with E-state index >= 15 is 0 Å². The van der Waals surface area contributed by atoms with Gasteiger partial charge in [0.2, 0.25) is 5.91 Å². The summed E-state index contributed by atoms with van der Waals surface area (Å²) in [6.45, 7) is 3.74. The Labute approximate surface area is 110 Å². The average Bonchev–Trinajstić information content (AvgIpc) is 2.29. The van der Waals surface area contributed by atoms with E-state index in [-0.39, 0.29) is 23.5 Å². The van der Waals surface area contributed by atoms with Crippen molar-refractivity contribution in [2.24, 2.45) is 0 Å². The molecule has 2 rings (SSSR count). The van der Waals surface area contributed by atoms with Gasteiger partial charge in [-0.15, -0.1) is 11.8 Å². The summed E-state index contributed by atoms with van der Waals surface area (Å²) in [6.07, 6.45) is 0.0935. The maximum Gasteiger partial charge on any atom is 0.303 e. The first-order chi connectivity index (χ1) is 8.47. The van der Waals surface area contributed by atoms with E-state index in [0.29, 0.717) is 0 Å². The van der Waals surface area contributed by atoms with E-state index in [1.807, 2.05) is 32.0 Å². The lowest BCUT2D eigenvalue weighted by Crippen LogP contribution is -2.26. The third-order valence-corrected chi connectivity index (χ3v) is 4.16. The zero-order valence-electron chi connectivity index (χ0n) is 10.3. The third-order valence-electron chi connectivity index (χ3n) is 2.98. The molecule has 1 aromatic rings. The van der Waals surface area contributed by atoms with Gasteiger partial charge < -0.3 is 10.4 Å². The molecule has 0 saturated heterocycles. The van der Waals surface area contributed by atoms with Crippen LogP contribution in [0.25, 0.3) is 0 Å². The number of anilines is 1. The molecular formula is C13H15NO3S. The first-order valence-corrected chi connectivity index (χ1v) is 6.68. The standard InChI is InChI=1S/C13H15NO3S/c1-7(5-12(15)16)9-3-4-11-10(6-9)14-13(17)8(2)18-11/h3-4,6-8H,5H2,1-2H3,(H,14,17)(H,15,16). The number of nitrogens with one attached hydrogen (secondary N) is 1. The molecule has 1 aromatic carbocycles. The predicted octanol–water partition coefficient (Wildman–Crippen LogP) is 2.70. The van der Waals surface area contributed by atoms with Crippen LogP contribution < -0.4 is 5.32 Å². The Morgan fingerprint density at radius 2 is 2.28 bits per heavy atom. The lowest BCUT2D eigenvalue weighted by molar-refractivity contribution is -0.137. The van der Waals surface area contributed by atoms with Gasteiger partial charge in [-0.3, -0.25) is 9.59 Å². The Hall–Kier alpha value is -1.49. The highest BCUT2D eigenvalue weighted by atomic mass is 32.2. The van der Waals surface area contributed by atoms with Crippen molar-refractivity contribution in [1.29, 1.82) is 0 Å². The molecule has 96 valence electrons. The number of thioether (sulfide) groups is 1. The molecule has 1 heterocycles. The van der Waals surface area contributed by atoms with E-state index in [1.54, 1.807) is 0 Å². The first-order valence-electron chi connectivity index (χ1n) is 5.80. The number of benzene rings is 1. The topological polar surface area (TPSA) is 66.4 Å². The number of carboxylic acid groups (broad SMARTS) is 1. The minimum Gasteiger partial charge on any atom is -0.481 e. The average molecular weight is 265 g/mol. The van der Waals surface area contributed by atoms with Crippen molar-refractivity contribution in [1.82, 2.24) is 0 Å². The maximum absolute atomic E-state index is 11.6. The monoisotopic (exact) mass is 265 g/mol. The number of aliphatic carboxylic acids is 1. The van der Waals surface area contributed by atoms with Gasteiger partial charge >= 0.3 is 5.97 Å². The highest BCUT2D eigenvalue weighted by Gasteiger charge is 2.23. The fourth-order valence-electron chi connectivity index (χ4n) is 1.91. The molecule has 5 heteroatoms. The van der Waals surface area contributed by atoms with Crippen molar-refractivity contribution in [3.8, 4) is 0 Å². The summed E-state index contributed by atoms with van der Waals surface area (Å²) in [4.78, 5) is 23.3. The molecule has 0 spiro atoms. The zero-order valence-corrected chi connectivity index (χ0v) is 11.1. The van der Waals surface area contributed by atoms with Gasteiger partial charge in [0.1, 0.15) is 0 Å². The Kier molecular flexibility index (Phi) is 3.61. The van der Waals surface area contributed by atoms with Crippen LogP contribution in [0.15, 0.2) is 23.1 Å². The number of amides is 1. The van der Waals surface area contributed by atoms with Gasteiger partial charge in [0.15, 0.2) is 0 Å². The second-order valence-corrected chi connectivity index (χ2v) is 5.89. The molecule has 1 amide bonds. The molecule has 0 aromatic heterocycles. The molecule has 2 N–H and O–H groups in total. The summed E-state index contributed by atoms with van der Waals surface area (Å²) in [5.74, 6) is -0.878. The van der Waals surface area contributed by atoms with Crippen LogP contribution in [-0.2, 0) is 9.59 Å². The van der Waals surface area contributed by atoms with E-state index in [0.717, 1.165) is 16.1 Å². The lowest BCUT2D eigenvalue weighted by Gasteiger charge is -2.22. The molecule has 0 radical (unpaired) electrons. The number of hydrogen-bond donors (Lipinski definition) is 2. The van der Waals surface area contributed by atoms with Crippen LogP contribution in [0.3, 0.4) is 0 Å². The number of fused-ring (bicyclic) bond motifs is 1. The van der Waals surface area contributed by atoms with Gasteiger partial charge in [0.05, 0.1) is 17.4 Å². The van der Waals surface area contributed by atoms with Crippen molar-refractivity contribution in [3.05, 3.63) is 23.8 Å². The van der Waals surface area contributed by atoms with Crippen LogP contribution in [0.4, 0.5) is 5.69 Å². The van der Waals surface area contributed by atoms with Crippen molar-refractivity contribution in [3.63, 3.8) is 0 Å². The second kappa shape index (κ2) is 5.02. The second-order valence-electron chi connectivity index (χ2n) is 4.50. The van der Waals surface area contributed by atoms with Crippen molar-refractivity contribution >= 4 is 29.3 Å². The summed E-state index contributed by atoms with van der Waals surface area (Å²) >= 11 is 1.53. The number of carbonyl (C=O) groups is 2. The van der Waals surface area contributed by atoms with E-state index in [2.05, 4.69) is 5.32 Å². The predicted molar refractivity (Wildman–Crippen MR) is 71.1 cm³/mol. The van der Waals surface area contributed by atoms with Gasteiger partial charge in [-0.25, -0.2) is 0 Å². The molecule has 18 heavy (non-hydrogen) atoms. The minimum atomic E-state index is -0.813. The van der Waals surface area contributed by atoms with E-state index in [9.17, 15) is 9.59 Å². The van der Waals surface area contributed by atoms with Crippen molar-refractivity contribution < 1.29 is 14.7 Å². The first kappa shape index (κ1) is 13.0. The normalized spacial score (nSPS) is 19.9. The fraction of sp³-hybridized carbons (Fsp3) is 0.385. The van der Waals surface area contributed by atoms with Crippen LogP contribution in [0.5, 0.6) is 0 Å². The lowest BCUT2D eigenvalue weighted by atomic mass is 9.97. The maximum atomic E-state index is 11.6. The van der Waals surface area contributed by atoms with E-state index in [1.165, 1.54) is 11.8 Å². The van der Waals surface area contributed by atoms with E-state index < -0.39 is 5.97 Å². The molecular weight excluding hydrogens is 250 g/mol. The molecule has 0 bridgehead atoms. The van der Waals surface area contributed by atoms with Gasteiger partial charge in [-0.05, 0) is 30.5 Å². The molecule has 0 fully saturated rings. The molecule has 0 saturated carbocycles. The van der Waals surface area contributed by atoms with Crippen LogP contribution in [-0.4, -0.2) is 22.2 Å². The largest absolute Gasteiger partial charge is 0.481 e. The quantitative estimate of drug-likeness (QED) is 0.881. The van der Waals surface area contributed by atoms with Gasteiger partial charge in [-0.2, -0.15) is 0 Å². The van der Waals surface area contributed by atoms with Crippen molar-refractivity contribution in [2.75, 3.05) is 5.32 Å². The van der Waals surface area contributed by atoms with Crippen LogP contribution in [0, 0.1) is 0 Å². The van der Waals surface area contributed by atoms with Gasteiger partial charge in [0.25, 0.3) is 0 Å². The Bertz CT molecular complexity index is 501. The summed E-state index contributed by atoms with van der Waals surface area (Å²) < 4.78 is 0. The summed E-state index contributed by atoms with van der Waals surface area (Å²) in [7, 11) is 0. The molecule has 4 nitrogen and oxygen atoms in total. The number of carbonyl (C=O) groups excluding carboxylic acids is 1. The van der Waals surface area contributed by atoms with Crippen LogP contribution in [0.1, 0.15) is 31.7 Å². The smallest absolute Gasteiger partial charge is 0.303 e. The van der Waals surface area contributed by atoms with Gasteiger partial charge in [-0.1, -0.05) is 13.0 Å². The van der Waals surface area contributed by atoms with Gasteiger partial charge in [0, 0.05) is 4.90 Å². The minimum absolute atomic E-state index is 0.00413. The highest BCUT2D eigenvalue weighted by molar-refractivity contribution is 8.00. The zero-order chi connectivity index (χ0) is 13.3. The summed E-state index contributed by atoms with van der Waals surface area (Å²) in [5, 5.41) is 11.6. The highest BCUT2D eigenvalue weighted by Crippen LogP contribution is 2.37. The molecule has 1 aliphatic heterocycles.